The van der Waals surface area contributed by atoms with Crippen LogP contribution in [0.1, 0.15) is 0 Å². The van der Waals surface area contributed by atoms with E-state index in [2.05, 4.69) is 0 Å². The summed E-state index contributed by atoms with van der Waals surface area (Å²) in [4.78, 5) is 0. The summed E-state index contributed by atoms with van der Waals surface area (Å²) in [6, 6.07) is 0. The molecule has 2 aliphatic rings. The van der Waals surface area contributed by atoms with Crippen molar-refractivity contribution in [2.24, 2.45) is 0 Å². The van der Waals surface area contributed by atoms with E-state index >= 15 is 0 Å². The molecule has 0 amide bonds. The molecule has 0 aromatic rings. The van der Waals surface area contributed by atoms with Crippen LogP contribution in [-0.2, 0) is 14.2 Å². The third kappa shape index (κ3) is 2.66. The maximum Gasteiger partial charge on any atom is 0.186 e. The highest BCUT2D eigenvalue weighted by atomic mass is 16.7. The average molecular weight is 356 g/mol. The van der Waals surface area contributed by atoms with Gasteiger partial charge in [0.25, 0.3) is 0 Å². The molecule has 0 saturated carbocycles. The number of hydrogen-bond donors (Lipinski definition) is 8. The van der Waals surface area contributed by atoms with Crippen LogP contribution in [0.2, 0.25) is 0 Å². The number of ether oxygens (including phenoxy) is 3. The van der Waals surface area contributed by atoms with Crippen LogP contribution in [-0.4, -0.2) is 122 Å². The predicted molar refractivity (Wildman–Crippen MR) is 73.5 cm³/mol. The fourth-order valence-electron chi connectivity index (χ4n) is 3.24. The molecule has 0 spiro atoms. The van der Waals surface area contributed by atoms with Crippen LogP contribution in [0.5, 0.6) is 0 Å². The third-order valence-electron chi connectivity index (χ3n) is 4.82. The molecule has 0 aliphatic carbocycles. The normalized spacial score (nSPS) is 53.1. The van der Waals surface area contributed by atoms with Crippen LogP contribution >= 0.6 is 0 Å². The molecule has 24 heavy (non-hydrogen) atoms. The van der Waals surface area contributed by atoms with E-state index in [0.717, 1.165) is 7.11 Å². The van der Waals surface area contributed by atoms with Crippen molar-refractivity contribution in [2.45, 2.75) is 54.1 Å². The first-order valence-corrected chi connectivity index (χ1v) is 7.37. The van der Waals surface area contributed by atoms with Gasteiger partial charge in [-0.2, -0.15) is 0 Å². The van der Waals surface area contributed by atoms with Crippen LogP contribution in [0.4, 0.5) is 0 Å². The number of aliphatic hydroxyl groups is 8. The first-order valence-electron chi connectivity index (χ1n) is 7.37. The first-order chi connectivity index (χ1) is 11.2. The molecular weight excluding hydrogens is 332 g/mol. The Kier molecular flexibility index (Phi) is 5.84. The zero-order valence-electron chi connectivity index (χ0n) is 13.0. The van der Waals surface area contributed by atoms with E-state index in [4.69, 9.17) is 19.3 Å². The summed E-state index contributed by atoms with van der Waals surface area (Å²) >= 11 is 0. The van der Waals surface area contributed by atoms with Gasteiger partial charge >= 0.3 is 0 Å². The molecule has 2 rings (SSSR count). The SMILES string of the molecule is CO[C@H]1O[C@H](CO)[C@H](O)[C@@](O)([C@@]2(O)CO[C@H](CO)[C@H](O)[C@@H]2O)[C@H]1O. The van der Waals surface area contributed by atoms with Crippen molar-refractivity contribution >= 4 is 0 Å². The van der Waals surface area contributed by atoms with Gasteiger partial charge in [0.15, 0.2) is 17.5 Å². The van der Waals surface area contributed by atoms with Gasteiger partial charge in [-0.15, -0.1) is 0 Å². The van der Waals surface area contributed by atoms with Crippen LogP contribution in [0, 0.1) is 0 Å². The minimum Gasteiger partial charge on any atom is -0.394 e. The molecule has 2 aliphatic heterocycles. The van der Waals surface area contributed by atoms with E-state index in [1.54, 1.807) is 0 Å². The largest absolute Gasteiger partial charge is 0.394 e. The Labute approximate surface area is 137 Å². The van der Waals surface area contributed by atoms with Gasteiger partial charge < -0.3 is 55.1 Å². The first kappa shape index (κ1) is 19.9. The van der Waals surface area contributed by atoms with Crippen molar-refractivity contribution in [2.75, 3.05) is 26.9 Å². The topological polar surface area (TPSA) is 190 Å². The highest BCUT2D eigenvalue weighted by Gasteiger charge is 2.70. The average Bonchev–Trinajstić information content (AvgIpc) is 2.58. The maximum absolute atomic E-state index is 10.9. The Bertz CT molecular complexity index is 418. The van der Waals surface area contributed by atoms with Gasteiger partial charge in [0.2, 0.25) is 0 Å². The summed E-state index contributed by atoms with van der Waals surface area (Å²) < 4.78 is 14.9. The molecule has 9 atom stereocenters. The molecule has 8 N–H and O–H groups in total. The van der Waals surface area contributed by atoms with Crippen molar-refractivity contribution in [3.05, 3.63) is 0 Å². The molecule has 0 radical (unpaired) electrons. The molecule has 2 saturated heterocycles. The van der Waals surface area contributed by atoms with Crippen LogP contribution < -0.4 is 0 Å². The Balaban J connectivity index is 2.44. The monoisotopic (exact) mass is 356 g/mol. The second kappa shape index (κ2) is 7.05. The van der Waals surface area contributed by atoms with Crippen molar-refractivity contribution in [1.82, 2.24) is 0 Å². The molecule has 2 fully saturated rings. The number of methoxy groups -OCH3 is 1. The Morgan fingerprint density at radius 1 is 0.958 bits per heavy atom. The predicted octanol–water partition coefficient (Wildman–Crippen LogP) is -5.35. The maximum atomic E-state index is 10.9. The van der Waals surface area contributed by atoms with Crippen LogP contribution in [0.15, 0.2) is 0 Å². The van der Waals surface area contributed by atoms with E-state index in [-0.39, 0.29) is 0 Å². The second-order valence-corrected chi connectivity index (χ2v) is 6.07. The Morgan fingerprint density at radius 3 is 2.04 bits per heavy atom. The van der Waals surface area contributed by atoms with Crippen molar-refractivity contribution in [3.63, 3.8) is 0 Å². The van der Waals surface area contributed by atoms with E-state index in [1.807, 2.05) is 0 Å². The summed E-state index contributed by atoms with van der Waals surface area (Å²) in [5.41, 5.74) is -5.62. The fraction of sp³-hybridized carbons (Fsp3) is 1.00. The third-order valence-corrected chi connectivity index (χ3v) is 4.82. The molecule has 0 unspecified atom stereocenters. The Morgan fingerprint density at radius 2 is 1.54 bits per heavy atom. The lowest BCUT2D eigenvalue weighted by Crippen LogP contribution is -2.82. The highest BCUT2D eigenvalue weighted by Crippen LogP contribution is 2.43. The van der Waals surface area contributed by atoms with Gasteiger partial charge in [0.05, 0.1) is 19.8 Å². The zero-order valence-corrected chi connectivity index (χ0v) is 13.0. The van der Waals surface area contributed by atoms with Crippen molar-refractivity contribution in [1.29, 1.82) is 0 Å². The molecule has 0 aromatic heterocycles. The summed E-state index contributed by atoms with van der Waals surface area (Å²) in [5, 5.41) is 80.9. The minimum atomic E-state index is -2.87. The second-order valence-electron chi connectivity index (χ2n) is 6.07. The summed E-state index contributed by atoms with van der Waals surface area (Å²) in [6.45, 7) is -2.28. The van der Waals surface area contributed by atoms with Crippen LogP contribution in [0.3, 0.4) is 0 Å². The standard InChI is InChI=1S/C13H24O11/c1-22-11-10(19)13(21,8(17)6(3-15)24-11)12(20)4-23-5(2-14)7(16)9(12)18/h5-11,14-21H,2-4H2,1H3/t5-,6-,7+,8+,9+,10+,11+,12-,13+/m1/s1. The molecule has 11 heteroatoms. The van der Waals surface area contributed by atoms with Gasteiger partial charge in [-0.3, -0.25) is 0 Å². The quantitative estimate of drug-likeness (QED) is 0.240. The molecule has 142 valence electrons. The van der Waals surface area contributed by atoms with Crippen molar-refractivity contribution in [3.8, 4) is 0 Å². The zero-order chi connectivity index (χ0) is 18.3. The Hall–Kier alpha value is -0.440. The van der Waals surface area contributed by atoms with Gasteiger partial charge in [-0.1, -0.05) is 0 Å². The van der Waals surface area contributed by atoms with Gasteiger partial charge in [0.1, 0.15) is 36.6 Å². The lowest BCUT2D eigenvalue weighted by Gasteiger charge is -2.57. The molecule has 0 aromatic carbocycles. The molecule has 0 bridgehead atoms. The molecule has 2 heterocycles. The minimum absolute atomic E-state index is 0.666. The lowest BCUT2D eigenvalue weighted by atomic mass is 9.66. The van der Waals surface area contributed by atoms with Gasteiger partial charge in [0, 0.05) is 7.11 Å². The van der Waals surface area contributed by atoms with E-state index in [9.17, 15) is 35.7 Å². The van der Waals surface area contributed by atoms with Crippen LogP contribution in [0.25, 0.3) is 0 Å². The van der Waals surface area contributed by atoms with Crippen molar-refractivity contribution < 1.29 is 55.1 Å². The summed E-state index contributed by atoms with van der Waals surface area (Å²) in [7, 11) is 1.12. The van der Waals surface area contributed by atoms with Gasteiger partial charge in [-0.25, -0.2) is 0 Å². The highest BCUT2D eigenvalue weighted by molar-refractivity contribution is 5.18. The fourth-order valence-corrected chi connectivity index (χ4v) is 3.24. The molecule has 11 nitrogen and oxygen atoms in total. The number of aliphatic hydroxyl groups excluding tert-OH is 6. The summed E-state index contributed by atoms with van der Waals surface area (Å²) in [6.07, 6.45) is -12.2. The number of hydrogen-bond acceptors (Lipinski definition) is 11. The van der Waals surface area contributed by atoms with E-state index in [1.165, 1.54) is 0 Å². The lowest BCUT2D eigenvalue weighted by molar-refractivity contribution is -0.391. The molecular formula is C13H24O11. The van der Waals surface area contributed by atoms with E-state index in [0.29, 0.717) is 0 Å². The summed E-state index contributed by atoms with van der Waals surface area (Å²) in [5.74, 6) is 0. The smallest absolute Gasteiger partial charge is 0.186 e. The van der Waals surface area contributed by atoms with Gasteiger partial charge in [-0.05, 0) is 0 Å². The number of rotatable bonds is 4. The van der Waals surface area contributed by atoms with E-state index < -0.39 is 73.9 Å².